The van der Waals surface area contributed by atoms with Gasteiger partial charge in [-0.2, -0.15) is 0 Å². The number of nitrogens with two attached hydrogens (primary N) is 1. The van der Waals surface area contributed by atoms with Crippen LogP contribution >= 0.6 is 0 Å². The lowest BCUT2D eigenvalue weighted by Gasteiger charge is -2.22. The van der Waals surface area contributed by atoms with Crippen LogP contribution in [0.25, 0.3) is 0 Å². The summed E-state index contributed by atoms with van der Waals surface area (Å²) in [6, 6.07) is 10.0. The van der Waals surface area contributed by atoms with Gasteiger partial charge in [0.2, 0.25) is 0 Å². The van der Waals surface area contributed by atoms with Gasteiger partial charge >= 0.3 is 0 Å². The van der Waals surface area contributed by atoms with Gasteiger partial charge in [0.25, 0.3) is 0 Å². The molecule has 2 N–H and O–H groups in total. The highest BCUT2D eigenvalue weighted by Crippen LogP contribution is 2.22. The largest absolute Gasteiger partial charge is 0.467 e. The lowest BCUT2D eigenvalue weighted by Crippen LogP contribution is -2.21. The second-order valence-electron chi connectivity index (χ2n) is 4.13. The van der Waals surface area contributed by atoms with Crippen LogP contribution in [-0.4, -0.2) is 6.54 Å². The summed E-state index contributed by atoms with van der Waals surface area (Å²) in [6.07, 6.45) is 1.71. The van der Waals surface area contributed by atoms with Gasteiger partial charge in [0, 0.05) is 17.9 Å². The van der Waals surface area contributed by atoms with E-state index in [1.807, 2.05) is 25.1 Å². The molecule has 0 radical (unpaired) electrons. The highest BCUT2D eigenvalue weighted by atomic mass is 16.3. The van der Waals surface area contributed by atoms with Gasteiger partial charge in [-0.15, -0.1) is 0 Å². The van der Waals surface area contributed by atoms with Crippen molar-refractivity contribution in [2.45, 2.75) is 20.4 Å². The van der Waals surface area contributed by atoms with Crippen LogP contribution in [0.1, 0.15) is 18.2 Å². The molecule has 0 unspecified atom stereocenters. The van der Waals surface area contributed by atoms with Gasteiger partial charge in [-0.3, -0.25) is 0 Å². The van der Waals surface area contributed by atoms with E-state index in [1.54, 1.807) is 6.26 Å². The number of aryl methyl sites for hydroxylation is 1. The summed E-state index contributed by atoms with van der Waals surface area (Å²) in [6.45, 7) is 5.88. The van der Waals surface area contributed by atoms with Crippen LogP contribution < -0.4 is 10.6 Å². The Morgan fingerprint density at radius 2 is 2.12 bits per heavy atom. The fraction of sp³-hybridized carbons (Fsp3) is 0.286. The highest BCUT2D eigenvalue weighted by molar-refractivity contribution is 5.58. The monoisotopic (exact) mass is 230 g/mol. The molecule has 2 rings (SSSR count). The molecule has 0 bridgehead atoms. The molecule has 1 heterocycles. The molecule has 0 saturated carbocycles. The SMILES string of the molecule is CCN(Cc1ccco1)c1ccc(N)c(C)c1. The topological polar surface area (TPSA) is 42.4 Å². The quantitative estimate of drug-likeness (QED) is 0.820. The Bertz CT molecular complexity index is 477. The normalized spacial score (nSPS) is 10.5. The minimum atomic E-state index is 0.785. The molecule has 0 atom stereocenters. The maximum Gasteiger partial charge on any atom is 0.123 e. The molecule has 0 amide bonds. The van der Waals surface area contributed by atoms with Crippen LogP contribution in [0, 0.1) is 6.92 Å². The van der Waals surface area contributed by atoms with Crippen LogP contribution in [-0.2, 0) is 6.54 Å². The van der Waals surface area contributed by atoms with Crippen LogP contribution in [0.5, 0.6) is 0 Å². The minimum Gasteiger partial charge on any atom is -0.467 e. The fourth-order valence-corrected chi connectivity index (χ4v) is 1.83. The molecule has 0 aliphatic rings. The van der Waals surface area contributed by atoms with Crippen molar-refractivity contribution in [3.63, 3.8) is 0 Å². The number of nitrogen functional groups attached to an aromatic ring is 1. The number of benzene rings is 1. The maximum absolute atomic E-state index is 5.83. The summed E-state index contributed by atoms with van der Waals surface area (Å²) >= 11 is 0. The molecular weight excluding hydrogens is 212 g/mol. The van der Waals surface area contributed by atoms with Crippen molar-refractivity contribution in [3.8, 4) is 0 Å². The van der Waals surface area contributed by atoms with Crippen molar-refractivity contribution in [2.75, 3.05) is 17.2 Å². The molecule has 0 aliphatic carbocycles. The molecule has 0 saturated heterocycles. The molecule has 3 heteroatoms. The number of furan rings is 1. The number of hydrogen-bond acceptors (Lipinski definition) is 3. The Morgan fingerprint density at radius 3 is 2.71 bits per heavy atom. The molecule has 0 aliphatic heterocycles. The van der Waals surface area contributed by atoms with Crippen molar-refractivity contribution in [1.82, 2.24) is 0 Å². The average Bonchev–Trinajstić information content (AvgIpc) is 2.82. The second kappa shape index (κ2) is 4.95. The van der Waals surface area contributed by atoms with E-state index in [0.717, 1.165) is 30.1 Å². The third-order valence-electron chi connectivity index (χ3n) is 2.93. The van der Waals surface area contributed by atoms with Crippen LogP contribution in [0.3, 0.4) is 0 Å². The molecule has 17 heavy (non-hydrogen) atoms. The van der Waals surface area contributed by atoms with Gasteiger partial charge < -0.3 is 15.1 Å². The van der Waals surface area contributed by atoms with E-state index in [0.29, 0.717) is 0 Å². The van der Waals surface area contributed by atoms with E-state index < -0.39 is 0 Å². The number of anilines is 2. The molecule has 90 valence electrons. The van der Waals surface area contributed by atoms with E-state index in [9.17, 15) is 0 Å². The maximum atomic E-state index is 5.83. The van der Waals surface area contributed by atoms with Crippen LogP contribution in [0.2, 0.25) is 0 Å². The first kappa shape index (κ1) is 11.6. The molecule has 2 aromatic rings. The first-order valence-corrected chi connectivity index (χ1v) is 5.84. The molecule has 1 aromatic heterocycles. The third-order valence-corrected chi connectivity index (χ3v) is 2.93. The van der Waals surface area contributed by atoms with Crippen molar-refractivity contribution in [2.24, 2.45) is 0 Å². The minimum absolute atomic E-state index is 0.785. The van der Waals surface area contributed by atoms with Crippen molar-refractivity contribution in [3.05, 3.63) is 47.9 Å². The Balaban J connectivity index is 2.20. The van der Waals surface area contributed by atoms with Crippen molar-refractivity contribution < 1.29 is 4.42 Å². The van der Waals surface area contributed by atoms with Gasteiger partial charge in [0.1, 0.15) is 5.76 Å². The van der Waals surface area contributed by atoms with E-state index >= 15 is 0 Å². The highest BCUT2D eigenvalue weighted by Gasteiger charge is 2.07. The lowest BCUT2D eigenvalue weighted by atomic mass is 10.1. The van der Waals surface area contributed by atoms with E-state index in [1.165, 1.54) is 5.69 Å². The van der Waals surface area contributed by atoms with Gasteiger partial charge in [-0.1, -0.05) is 0 Å². The summed E-state index contributed by atoms with van der Waals surface area (Å²) in [4.78, 5) is 2.26. The molecule has 3 nitrogen and oxygen atoms in total. The van der Waals surface area contributed by atoms with Gasteiger partial charge in [0.15, 0.2) is 0 Å². The van der Waals surface area contributed by atoms with E-state index in [4.69, 9.17) is 10.2 Å². The summed E-state index contributed by atoms with van der Waals surface area (Å²) in [5.41, 5.74) is 8.95. The molecule has 1 aromatic carbocycles. The Morgan fingerprint density at radius 1 is 1.29 bits per heavy atom. The van der Waals surface area contributed by atoms with Gasteiger partial charge in [0.05, 0.1) is 12.8 Å². The summed E-state index contributed by atoms with van der Waals surface area (Å²) in [7, 11) is 0. The average molecular weight is 230 g/mol. The van der Waals surface area contributed by atoms with Crippen LogP contribution in [0.4, 0.5) is 11.4 Å². The van der Waals surface area contributed by atoms with Crippen molar-refractivity contribution in [1.29, 1.82) is 0 Å². The predicted octanol–water partition coefficient (Wildman–Crippen LogP) is 3.20. The first-order chi connectivity index (χ1) is 8.20. The molecular formula is C14H18N2O. The standard InChI is InChI=1S/C14H18N2O/c1-3-16(10-13-5-4-8-17-13)12-6-7-14(15)11(2)9-12/h4-9H,3,10,15H2,1-2H3. The third kappa shape index (κ3) is 2.61. The van der Waals surface area contributed by atoms with Crippen molar-refractivity contribution >= 4 is 11.4 Å². The van der Waals surface area contributed by atoms with Gasteiger partial charge in [-0.05, 0) is 49.7 Å². The zero-order valence-corrected chi connectivity index (χ0v) is 10.3. The zero-order chi connectivity index (χ0) is 12.3. The Kier molecular flexibility index (Phi) is 3.38. The number of hydrogen-bond donors (Lipinski definition) is 1. The second-order valence-corrected chi connectivity index (χ2v) is 4.13. The summed E-state index contributed by atoms with van der Waals surface area (Å²) in [5.74, 6) is 0.973. The van der Waals surface area contributed by atoms with Gasteiger partial charge in [-0.25, -0.2) is 0 Å². The predicted molar refractivity (Wildman–Crippen MR) is 71.0 cm³/mol. The lowest BCUT2D eigenvalue weighted by molar-refractivity contribution is 0.503. The molecule has 0 spiro atoms. The smallest absolute Gasteiger partial charge is 0.123 e. The zero-order valence-electron chi connectivity index (χ0n) is 10.3. The first-order valence-electron chi connectivity index (χ1n) is 5.84. The summed E-state index contributed by atoms with van der Waals surface area (Å²) in [5, 5.41) is 0. The van der Waals surface area contributed by atoms with E-state index in [-0.39, 0.29) is 0 Å². The Hall–Kier alpha value is -1.90. The van der Waals surface area contributed by atoms with E-state index in [2.05, 4.69) is 24.0 Å². The Labute approximate surface area is 102 Å². The summed E-state index contributed by atoms with van der Waals surface area (Å²) < 4.78 is 5.37. The molecule has 0 fully saturated rings. The fourth-order valence-electron chi connectivity index (χ4n) is 1.83. The number of nitrogens with zero attached hydrogens (tertiary/aromatic N) is 1. The van der Waals surface area contributed by atoms with Crippen LogP contribution in [0.15, 0.2) is 41.0 Å². The number of rotatable bonds is 4.